The van der Waals surface area contributed by atoms with Gasteiger partial charge in [-0.3, -0.25) is 14.8 Å². The highest BCUT2D eigenvalue weighted by molar-refractivity contribution is 9.10. The topological polar surface area (TPSA) is 90.7 Å². The van der Waals surface area contributed by atoms with Gasteiger partial charge in [0, 0.05) is 17.6 Å². The van der Waals surface area contributed by atoms with Crippen LogP contribution in [0.25, 0.3) is 5.69 Å². The molecule has 1 aromatic carbocycles. The highest BCUT2D eigenvalue weighted by Gasteiger charge is 2.15. The van der Waals surface area contributed by atoms with E-state index < -0.39 is 17.1 Å². The van der Waals surface area contributed by atoms with Crippen molar-refractivity contribution in [2.45, 2.75) is 19.3 Å². The number of hydrazone groups is 1. The average Bonchev–Trinajstić information content (AvgIpc) is 2.57. The Morgan fingerprint density at radius 1 is 1.12 bits per heavy atom. The van der Waals surface area contributed by atoms with E-state index in [4.69, 9.17) is 0 Å². The van der Waals surface area contributed by atoms with Crippen molar-refractivity contribution in [1.29, 1.82) is 0 Å². The zero-order valence-electron chi connectivity index (χ0n) is 12.9. The van der Waals surface area contributed by atoms with Crippen molar-refractivity contribution >= 4 is 22.1 Å². The van der Waals surface area contributed by atoms with Crippen LogP contribution in [-0.2, 0) is 0 Å². The van der Waals surface area contributed by atoms with Gasteiger partial charge in [-0.25, -0.2) is 9.36 Å². The summed E-state index contributed by atoms with van der Waals surface area (Å²) < 4.78 is 1.89. The van der Waals surface area contributed by atoms with Crippen molar-refractivity contribution in [3.05, 3.63) is 55.1 Å². The summed E-state index contributed by atoms with van der Waals surface area (Å²) in [6.45, 7) is 1.64. The smallest absolute Gasteiger partial charge is 0.335 e. The van der Waals surface area contributed by atoms with Crippen LogP contribution in [0.2, 0.25) is 0 Å². The number of hydrogen-bond donors (Lipinski definition) is 2. The maximum Gasteiger partial charge on any atom is 0.335 e. The molecule has 0 aliphatic carbocycles. The molecule has 1 aliphatic heterocycles. The van der Waals surface area contributed by atoms with Crippen LogP contribution in [0.15, 0.2) is 43.4 Å². The summed E-state index contributed by atoms with van der Waals surface area (Å²) in [4.78, 5) is 26.3. The Balaban J connectivity index is 2.02. The first-order valence-electron chi connectivity index (χ1n) is 7.69. The van der Waals surface area contributed by atoms with Crippen LogP contribution in [0.5, 0.6) is 5.88 Å². The minimum Gasteiger partial charge on any atom is -0.493 e. The summed E-state index contributed by atoms with van der Waals surface area (Å²) in [5.41, 5.74) is -0.950. The van der Waals surface area contributed by atoms with Gasteiger partial charge in [0.15, 0.2) is 0 Å². The van der Waals surface area contributed by atoms with Gasteiger partial charge in [0.2, 0.25) is 5.88 Å². The lowest BCUT2D eigenvalue weighted by Gasteiger charge is -2.23. The van der Waals surface area contributed by atoms with E-state index in [1.54, 1.807) is 24.3 Å². The van der Waals surface area contributed by atoms with Gasteiger partial charge in [0.05, 0.1) is 11.9 Å². The quantitative estimate of drug-likeness (QED) is 0.779. The molecule has 2 N–H and O–H groups in total. The van der Waals surface area contributed by atoms with Crippen LogP contribution in [0.3, 0.4) is 0 Å². The molecule has 1 aromatic heterocycles. The molecule has 0 spiro atoms. The van der Waals surface area contributed by atoms with Gasteiger partial charge in [-0.1, -0.05) is 15.9 Å². The summed E-state index contributed by atoms with van der Waals surface area (Å²) >= 11 is 3.32. The lowest BCUT2D eigenvalue weighted by Crippen LogP contribution is -2.32. The molecule has 1 aliphatic rings. The zero-order valence-corrected chi connectivity index (χ0v) is 14.5. The van der Waals surface area contributed by atoms with Crippen molar-refractivity contribution in [2.75, 3.05) is 13.1 Å². The minimum atomic E-state index is -0.699. The maximum atomic E-state index is 12.1. The maximum absolute atomic E-state index is 12.1. The van der Waals surface area contributed by atoms with Gasteiger partial charge in [0.25, 0.3) is 5.56 Å². The second kappa shape index (κ2) is 7.04. The number of halogens is 1. The van der Waals surface area contributed by atoms with Gasteiger partial charge in [-0.2, -0.15) is 5.10 Å². The standard InChI is InChI=1S/C16H17BrN4O3/c17-11-4-6-12(7-5-11)21-15(23)13(14(22)19-16(21)24)10-18-20-8-2-1-3-9-20/h4-7,10,23H,1-3,8-9H2,(H,19,22,24)/b18-10+. The molecule has 8 heteroatoms. The lowest BCUT2D eigenvalue weighted by molar-refractivity contribution is 0.240. The number of nitrogens with one attached hydrogen (secondary N) is 1. The average molecular weight is 393 g/mol. The van der Waals surface area contributed by atoms with E-state index in [1.807, 2.05) is 5.01 Å². The molecular formula is C16H17BrN4O3. The number of aromatic nitrogens is 2. The number of hydrogen-bond acceptors (Lipinski definition) is 5. The van der Waals surface area contributed by atoms with Gasteiger partial charge >= 0.3 is 5.69 Å². The number of piperidine rings is 1. The van der Waals surface area contributed by atoms with Crippen molar-refractivity contribution in [3.8, 4) is 11.6 Å². The van der Waals surface area contributed by atoms with E-state index in [1.165, 1.54) is 12.6 Å². The summed E-state index contributed by atoms with van der Waals surface area (Å²) in [6, 6.07) is 6.81. The summed E-state index contributed by atoms with van der Waals surface area (Å²) in [5, 5.41) is 16.5. The number of aromatic amines is 1. The van der Waals surface area contributed by atoms with Crippen LogP contribution >= 0.6 is 15.9 Å². The second-order valence-electron chi connectivity index (χ2n) is 5.57. The molecule has 0 radical (unpaired) electrons. The van der Waals surface area contributed by atoms with Crippen molar-refractivity contribution in [1.82, 2.24) is 14.6 Å². The van der Waals surface area contributed by atoms with E-state index in [2.05, 4.69) is 26.0 Å². The first-order valence-corrected chi connectivity index (χ1v) is 8.49. The number of H-pyrrole nitrogens is 1. The molecule has 7 nitrogen and oxygen atoms in total. The number of aromatic hydroxyl groups is 1. The second-order valence-corrected chi connectivity index (χ2v) is 6.48. The molecule has 126 valence electrons. The number of benzene rings is 1. The van der Waals surface area contributed by atoms with E-state index in [0.717, 1.165) is 35.0 Å². The molecule has 0 atom stereocenters. The van der Waals surface area contributed by atoms with E-state index in [0.29, 0.717) is 5.69 Å². The third-order valence-corrected chi connectivity index (χ3v) is 4.42. The lowest BCUT2D eigenvalue weighted by atomic mass is 10.2. The van der Waals surface area contributed by atoms with E-state index in [-0.39, 0.29) is 5.56 Å². The third-order valence-electron chi connectivity index (χ3n) is 3.89. The largest absolute Gasteiger partial charge is 0.493 e. The van der Waals surface area contributed by atoms with Crippen LogP contribution in [0.4, 0.5) is 0 Å². The first-order chi connectivity index (χ1) is 11.6. The fourth-order valence-electron chi connectivity index (χ4n) is 2.62. The Bertz CT molecular complexity index is 864. The molecule has 3 rings (SSSR count). The SMILES string of the molecule is O=c1[nH]c(=O)n(-c2ccc(Br)cc2)c(O)c1/C=N/N1CCCCC1. The van der Waals surface area contributed by atoms with Crippen LogP contribution in [0, 0.1) is 0 Å². The van der Waals surface area contributed by atoms with Gasteiger partial charge < -0.3 is 5.11 Å². The molecule has 2 aromatic rings. The fourth-order valence-corrected chi connectivity index (χ4v) is 2.88. The molecule has 0 unspecified atom stereocenters. The monoisotopic (exact) mass is 392 g/mol. The van der Waals surface area contributed by atoms with Gasteiger partial charge in [-0.05, 0) is 43.5 Å². The van der Waals surface area contributed by atoms with Crippen molar-refractivity contribution in [2.24, 2.45) is 5.10 Å². The Kier molecular flexibility index (Phi) is 4.84. The molecule has 0 amide bonds. The first kappa shape index (κ1) is 16.5. The Hall–Kier alpha value is -2.35. The fraction of sp³-hybridized carbons (Fsp3) is 0.312. The minimum absolute atomic E-state index is 0.0388. The number of nitrogens with zero attached hydrogens (tertiary/aromatic N) is 3. The van der Waals surface area contributed by atoms with Crippen LogP contribution in [-0.4, -0.2) is 39.0 Å². The Labute approximate surface area is 146 Å². The Morgan fingerprint density at radius 2 is 1.79 bits per heavy atom. The molecule has 24 heavy (non-hydrogen) atoms. The van der Waals surface area contributed by atoms with Gasteiger partial charge in [-0.15, -0.1) is 0 Å². The molecule has 2 heterocycles. The Morgan fingerprint density at radius 3 is 2.46 bits per heavy atom. The molecule has 0 bridgehead atoms. The number of rotatable bonds is 3. The van der Waals surface area contributed by atoms with Crippen molar-refractivity contribution in [3.63, 3.8) is 0 Å². The highest BCUT2D eigenvalue weighted by atomic mass is 79.9. The predicted octanol–water partition coefficient (Wildman–Crippen LogP) is 1.81. The van der Waals surface area contributed by atoms with Crippen LogP contribution in [0.1, 0.15) is 24.8 Å². The zero-order chi connectivity index (χ0) is 17.1. The molecular weight excluding hydrogens is 376 g/mol. The molecule has 1 saturated heterocycles. The van der Waals surface area contributed by atoms with E-state index >= 15 is 0 Å². The van der Waals surface area contributed by atoms with Crippen LogP contribution < -0.4 is 11.2 Å². The molecule has 0 saturated carbocycles. The predicted molar refractivity (Wildman–Crippen MR) is 95.0 cm³/mol. The summed E-state index contributed by atoms with van der Waals surface area (Å²) in [7, 11) is 0. The highest BCUT2D eigenvalue weighted by Crippen LogP contribution is 2.18. The normalized spacial score (nSPS) is 15.1. The van der Waals surface area contributed by atoms with Crippen molar-refractivity contribution < 1.29 is 5.11 Å². The summed E-state index contributed by atoms with van der Waals surface area (Å²) in [5.74, 6) is -0.424. The van der Waals surface area contributed by atoms with Gasteiger partial charge in [0.1, 0.15) is 5.56 Å². The van der Waals surface area contributed by atoms with E-state index in [9.17, 15) is 14.7 Å². The summed E-state index contributed by atoms with van der Waals surface area (Å²) in [6.07, 6.45) is 4.59. The third kappa shape index (κ3) is 3.43. The molecule has 1 fully saturated rings.